The van der Waals surface area contributed by atoms with Crippen LogP contribution in [0, 0.1) is 26.0 Å². The first-order valence-corrected chi connectivity index (χ1v) is 4.31. The van der Waals surface area contributed by atoms with Crippen molar-refractivity contribution in [2.45, 2.75) is 13.8 Å². The number of non-ortho nitro benzene ring substituents is 1. The van der Waals surface area contributed by atoms with Crippen LogP contribution in [0.25, 0.3) is 0 Å². The van der Waals surface area contributed by atoms with E-state index in [0.29, 0.717) is 12.1 Å². The van der Waals surface area contributed by atoms with Crippen LogP contribution in [-0.4, -0.2) is 15.6 Å². The average molecular weight is 244 g/mol. The summed E-state index contributed by atoms with van der Waals surface area (Å²) in [6.45, 7) is 3.06. The zero-order chi connectivity index (χ0) is 13.6. The SMILES string of the molecule is CC(C)=O.O=[N+]([O-])c1ccc(F)c([N+](=O)[O-])c1. The van der Waals surface area contributed by atoms with Gasteiger partial charge in [-0.05, 0) is 19.9 Å². The van der Waals surface area contributed by atoms with Crippen molar-refractivity contribution in [3.63, 3.8) is 0 Å². The normalized spacial score (nSPS) is 8.88. The highest BCUT2D eigenvalue weighted by Crippen LogP contribution is 2.22. The van der Waals surface area contributed by atoms with Crippen molar-refractivity contribution >= 4 is 17.2 Å². The van der Waals surface area contributed by atoms with Crippen molar-refractivity contribution in [3.8, 4) is 0 Å². The van der Waals surface area contributed by atoms with Gasteiger partial charge in [0.05, 0.1) is 15.9 Å². The molecule has 0 fully saturated rings. The fourth-order valence-corrected chi connectivity index (χ4v) is 0.755. The van der Waals surface area contributed by atoms with E-state index in [2.05, 4.69) is 0 Å². The molecule has 0 unspecified atom stereocenters. The summed E-state index contributed by atoms with van der Waals surface area (Å²) < 4.78 is 12.6. The van der Waals surface area contributed by atoms with Gasteiger partial charge in [0.2, 0.25) is 5.82 Å². The Bertz CT molecular complexity index is 457. The highest BCUT2D eigenvalue weighted by molar-refractivity contribution is 5.72. The lowest BCUT2D eigenvalue weighted by Gasteiger charge is -1.93. The van der Waals surface area contributed by atoms with Gasteiger partial charge in [-0.25, -0.2) is 0 Å². The second kappa shape index (κ2) is 6.26. The van der Waals surface area contributed by atoms with Crippen LogP contribution >= 0.6 is 0 Å². The Balaban J connectivity index is 0.000000557. The van der Waals surface area contributed by atoms with Crippen molar-refractivity contribution < 1.29 is 19.0 Å². The number of nitro benzene ring substituents is 2. The van der Waals surface area contributed by atoms with E-state index in [9.17, 15) is 29.4 Å². The third-order valence-corrected chi connectivity index (χ3v) is 1.34. The molecule has 0 amide bonds. The zero-order valence-corrected chi connectivity index (χ0v) is 9.05. The van der Waals surface area contributed by atoms with Crippen LogP contribution in [0.1, 0.15) is 13.8 Å². The van der Waals surface area contributed by atoms with E-state index in [0.717, 1.165) is 6.07 Å². The molecule has 8 heteroatoms. The third kappa shape index (κ3) is 5.30. The standard InChI is InChI=1S/C6H3FN2O4.C3H6O/c7-5-2-1-4(8(10)11)3-6(5)9(12)13;1-3(2)4/h1-3H;1-2H3. The van der Waals surface area contributed by atoms with Crippen LogP contribution in [-0.2, 0) is 4.79 Å². The van der Waals surface area contributed by atoms with Crippen molar-refractivity contribution in [2.75, 3.05) is 0 Å². The molecule has 0 bridgehead atoms. The molecule has 1 aromatic carbocycles. The molecule has 1 rings (SSSR count). The van der Waals surface area contributed by atoms with Gasteiger partial charge in [-0.2, -0.15) is 4.39 Å². The molecule has 1 aromatic rings. The Kier molecular flexibility index (Phi) is 5.38. The van der Waals surface area contributed by atoms with Gasteiger partial charge in [0.15, 0.2) is 0 Å². The van der Waals surface area contributed by atoms with Crippen molar-refractivity contribution in [1.29, 1.82) is 0 Å². The summed E-state index contributed by atoms with van der Waals surface area (Å²) in [5, 5.41) is 20.3. The maximum Gasteiger partial charge on any atom is 0.311 e. The van der Waals surface area contributed by atoms with Crippen LogP contribution in [0.5, 0.6) is 0 Å². The average Bonchev–Trinajstić information content (AvgIpc) is 2.16. The number of carbonyl (C=O) groups is 1. The minimum Gasteiger partial charge on any atom is -0.300 e. The van der Waals surface area contributed by atoms with Gasteiger partial charge >= 0.3 is 5.69 Å². The topological polar surface area (TPSA) is 103 Å². The third-order valence-electron chi connectivity index (χ3n) is 1.34. The molecule has 0 atom stereocenters. The Morgan fingerprint density at radius 3 is 2.00 bits per heavy atom. The monoisotopic (exact) mass is 244 g/mol. The van der Waals surface area contributed by atoms with E-state index in [1.54, 1.807) is 0 Å². The van der Waals surface area contributed by atoms with Gasteiger partial charge in [-0.1, -0.05) is 0 Å². The molecule has 92 valence electrons. The first-order chi connectivity index (χ1) is 7.75. The molecular formula is C9H9FN2O5. The maximum atomic E-state index is 12.6. The summed E-state index contributed by atoms with van der Waals surface area (Å²) in [4.78, 5) is 27.9. The number of benzene rings is 1. The molecule has 0 N–H and O–H groups in total. The number of carbonyl (C=O) groups excluding carboxylic acids is 1. The molecule has 0 saturated heterocycles. The lowest BCUT2D eigenvalue weighted by atomic mass is 10.3. The van der Waals surface area contributed by atoms with Crippen molar-refractivity contribution in [1.82, 2.24) is 0 Å². The van der Waals surface area contributed by atoms with Gasteiger partial charge in [-0.15, -0.1) is 0 Å². The summed E-state index contributed by atoms with van der Waals surface area (Å²) in [5.74, 6) is -0.921. The number of halogens is 1. The first-order valence-electron chi connectivity index (χ1n) is 4.31. The molecule has 0 aliphatic rings. The van der Waals surface area contributed by atoms with Crippen LogP contribution < -0.4 is 0 Å². The van der Waals surface area contributed by atoms with Crippen LogP contribution in [0.15, 0.2) is 18.2 Å². The Morgan fingerprint density at radius 1 is 1.18 bits per heavy atom. The molecule has 0 aliphatic heterocycles. The molecule has 0 aromatic heterocycles. The van der Waals surface area contributed by atoms with Crippen LogP contribution in [0.3, 0.4) is 0 Å². The summed E-state index contributed by atoms with van der Waals surface area (Å²) in [7, 11) is 0. The summed E-state index contributed by atoms with van der Waals surface area (Å²) in [6, 6.07) is 2.13. The minimum absolute atomic E-state index is 0.167. The van der Waals surface area contributed by atoms with Gasteiger partial charge in [0, 0.05) is 6.07 Å². The summed E-state index contributed by atoms with van der Waals surface area (Å²) in [6.07, 6.45) is 0. The van der Waals surface area contributed by atoms with Crippen molar-refractivity contribution in [2.24, 2.45) is 0 Å². The maximum absolute atomic E-state index is 12.6. The Hall–Kier alpha value is -2.38. The molecule has 0 aliphatic carbocycles. The number of nitrogens with zero attached hydrogens (tertiary/aromatic N) is 2. The van der Waals surface area contributed by atoms with E-state index < -0.39 is 27.0 Å². The summed E-state index contributed by atoms with van der Waals surface area (Å²) in [5.41, 5.74) is -1.40. The molecule has 7 nitrogen and oxygen atoms in total. The van der Waals surface area contributed by atoms with Crippen LogP contribution in [0.2, 0.25) is 0 Å². The smallest absolute Gasteiger partial charge is 0.300 e. The number of hydrogen-bond acceptors (Lipinski definition) is 5. The number of rotatable bonds is 2. The highest BCUT2D eigenvalue weighted by Gasteiger charge is 2.18. The second-order valence-electron chi connectivity index (χ2n) is 3.06. The fourth-order valence-electron chi connectivity index (χ4n) is 0.755. The summed E-state index contributed by atoms with van der Waals surface area (Å²) >= 11 is 0. The predicted molar refractivity (Wildman–Crippen MR) is 56.1 cm³/mol. The lowest BCUT2D eigenvalue weighted by molar-refractivity contribution is -0.395. The molecule has 0 saturated carbocycles. The Morgan fingerprint density at radius 2 is 1.65 bits per heavy atom. The van der Waals surface area contributed by atoms with Crippen LogP contribution in [0.4, 0.5) is 15.8 Å². The largest absolute Gasteiger partial charge is 0.311 e. The molecule has 0 radical (unpaired) electrons. The number of nitro groups is 2. The van der Waals surface area contributed by atoms with Gasteiger partial charge in [0.1, 0.15) is 5.78 Å². The quantitative estimate of drug-likeness (QED) is 0.586. The minimum atomic E-state index is -1.09. The molecule has 0 spiro atoms. The number of Topliss-reactive ketones (excluding diaryl/α,β-unsaturated/α-hetero) is 1. The molecule has 17 heavy (non-hydrogen) atoms. The van der Waals surface area contributed by atoms with E-state index in [4.69, 9.17) is 0 Å². The van der Waals surface area contributed by atoms with E-state index in [1.165, 1.54) is 13.8 Å². The Labute approximate surface area is 95.2 Å². The first kappa shape index (κ1) is 14.6. The fraction of sp³-hybridized carbons (Fsp3) is 0.222. The number of ketones is 1. The molecular weight excluding hydrogens is 235 g/mol. The van der Waals surface area contributed by atoms with E-state index in [1.807, 2.05) is 0 Å². The van der Waals surface area contributed by atoms with E-state index in [-0.39, 0.29) is 5.78 Å². The lowest BCUT2D eigenvalue weighted by Crippen LogP contribution is -1.95. The zero-order valence-electron chi connectivity index (χ0n) is 9.05. The highest BCUT2D eigenvalue weighted by atomic mass is 19.1. The number of hydrogen-bond donors (Lipinski definition) is 0. The van der Waals surface area contributed by atoms with Gasteiger partial charge in [0.25, 0.3) is 5.69 Å². The van der Waals surface area contributed by atoms with Crippen molar-refractivity contribution in [3.05, 3.63) is 44.2 Å². The van der Waals surface area contributed by atoms with Gasteiger partial charge < -0.3 is 4.79 Å². The molecule has 0 heterocycles. The predicted octanol–water partition coefficient (Wildman–Crippen LogP) is 2.24. The second-order valence-corrected chi connectivity index (χ2v) is 3.06. The van der Waals surface area contributed by atoms with E-state index >= 15 is 0 Å². The van der Waals surface area contributed by atoms with Gasteiger partial charge in [-0.3, -0.25) is 20.2 Å².